The van der Waals surface area contributed by atoms with Gasteiger partial charge in [0, 0.05) is 13.2 Å². The number of hydrogen-bond acceptors (Lipinski definition) is 5. The average molecular weight is 403 g/mol. The summed E-state index contributed by atoms with van der Waals surface area (Å²) < 4.78 is 34.1. The van der Waals surface area contributed by atoms with Crippen LogP contribution in [0.15, 0.2) is 50.6 Å². The van der Waals surface area contributed by atoms with E-state index < -0.39 is 29.0 Å². The Hall–Kier alpha value is -3.07. The van der Waals surface area contributed by atoms with Crippen LogP contribution in [0.4, 0.5) is 14.5 Å². The number of rotatable bonds is 3. The number of para-hydroxylation sites is 1. The van der Waals surface area contributed by atoms with E-state index in [1.54, 1.807) is 13.1 Å². The Labute approximate surface area is 162 Å². The van der Waals surface area contributed by atoms with E-state index in [9.17, 15) is 18.4 Å². The van der Waals surface area contributed by atoms with Gasteiger partial charge in [-0.1, -0.05) is 17.8 Å². The van der Waals surface area contributed by atoms with Gasteiger partial charge in [0.1, 0.15) is 22.7 Å². The zero-order valence-electron chi connectivity index (χ0n) is 14.9. The molecule has 2 N–H and O–H groups in total. The second-order valence-corrected chi connectivity index (χ2v) is 7.47. The van der Waals surface area contributed by atoms with E-state index in [0.29, 0.717) is 11.1 Å². The highest BCUT2D eigenvalue weighted by molar-refractivity contribution is 8.04. The van der Waals surface area contributed by atoms with E-state index >= 15 is 0 Å². The van der Waals surface area contributed by atoms with Gasteiger partial charge in [-0.05, 0) is 42.3 Å². The standard InChI is InChI=1S/C19H15F2N3O3S/c1-9-6-14-13(24(2)19(26)27-14)7-10(9)18-22-8-15(28-18)17(25)23-16-11(20)4-3-5-12(16)21/h3-8,18,22H,1-2H3,(H,23,25). The first-order valence-electron chi connectivity index (χ1n) is 8.33. The molecular weight excluding hydrogens is 388 g/mol. The SMILES string of the molecule is Cc1cc2oc(=O)n(C)c2cc1C1NC=C(C(=O)Nc2c(F)cccc2F)S1. The Morgan fingerprint density at radius 3 is 2.71 bits per heavy atom. The molecule has 0 aliphatic carbocycles. The molecule has 0 fully saturated rings. The van der Waals surface area contributed by atoms with Crippen molar-refractivity contribution in [1.82, 2.24) is 9.88 Å². The predicted molar refractivity (Wildman–Crippen MR) is 103 cm³/mol. The zero-order chi connectivity index (χ0) is 20.0. The van der Waals surface area contributed by atoms with E-state index in [-0.39, 0.29) is 10.3 Å². The van der Waals surface area contributed by atoms with E-state index in [1.807, 2.05) is 13.0 Å². The molecule has 1 aromatic heterocycles. The van der Waals surface area contributed by atoms with E-state index in [4.69, 9.17) is 4.42 Å². The van der Waals surface area contributed by atoms with Crippen molar-refractivity contribution >= 4 is 34.5 Å². The number of nitrogens with zero attached hydrogens (tertiary/aromatic N) is 1. The van der Waals surface area contributed by atoms with E-state index in [1.165, 1.54) is 28.6 Å². The summed E-state index contributed by atoms with van der Waals surface area (Å²) in [7, 11) is 1.61. The number of aryl methyl sites for hydroxylation is 2. The lowest BCUT2D eigenvalue weighted by Gasteiger charge is -2.14. The van der Waals surface area contributed by atoms with Crippen LogP contribution in [0.3, 0.4) is 0 Å². The molecule has 1 aliphatic rings. The van der Waals surface area contributed by atoms with Crippen molar-refractivity contribution in [2.45, 2.75) is 12.3 Å². The van der Waals surface area contributed by atoms with E-state index in [2.05, 4.69) is 10.6 Å². The number of thioether (sulfide) groups is 1. The fourth-order valence-corrected chi connectivity index (χ4v) is 4.05. The highest BCUT2D eigenvalue weighted by Crippen LogP contribution is 2.40. The van der Waals surface area contributed by atoms with Crippen LogP contribution in [0, 0.1) is 18.6 Å². The van der Waals surface area contributed by atoms with Crippen LogP contribution in [0.2, 0.25) is 0 Å². The topological polar surface area (TPSA) is 76.3 Å². The van der Waals surface area contributed by atoms with Crippen LogP contribution in [-0.2, 0) is 11.8 Å². The lowest BCUT2D eigenvalue weighted by Crippen LogP contribution is -2.14. The second-order valence-electron chi connectivity index (χ2n) is 6.33. The molecule has 1 amide bonds. The first-order valence-corrected chi connectivity index (χ1v) is 9.21. The number of anilines is 1. The normalized spacial score (nSPS) is 16.1. The maximum Gasteiger partial charge on any atom is 0.419 e. The molecule has 144 valence electrons. The van der Waals surface area contributed by atoms with E-state index in [0.717, 1.165) is 23.3 Å². The monoisotopic (exact) mass is 403 g/mol. The third kappa shape index (κ3) is 3.07. The Balaban J connectivity index is 1.56. The Bertz CT molecular complexity index is 1180. The van der Waals surface area contributed by atoms with Gasteiger partial charge in [-0.15, -0.1) is 0 Å². The molecular formula is C19H15F2N3O3S. The number of carbonyl (C=O) groups is 1. The highest BCUT2D eigenvalue weighted by atomic mass is 32.2. The molecule has 0 bridgehead atoms. The number of halogens is 2. The molecule has 2 aromatic carbocycles. The number of benzene rings is 2. The number of amides is 1. The third-order valence-electron chi connectivity index (χ3n) is 4.50. The summed E-state index contributed by atoms with van der Waals surface area (Å²) in [4.78, 5) is 24.4. The van der Waals surface area contributed by atoms with Gasteiger partial charge in [0.2, 0.25) is 0 Å². The van der Waals surface area contributed by atoms with Crippen molar-refractivity contribution in [3.8, 4) is 0 Å². The lowest BCUT2D eigenvalue weighted by molar-refractivity contribution is -0.112. The Morgan fingerprint density at radius 1 is 1.29 bits per heavy atom. The highest BCUT2D eigenvalue weighted by Gasteiger charge is 2.27. The smallest absolute Gasteiger partial charge is 0.408 e. The van der Waals surface area contributed by atoms with Gasteiger partial charge in [-0.2, -0.15) is 0 Å². The number of nitrogens with one attached hydrogen (secondary N) is 2. The molecule has 0 saturated heterocycles. The van der Waals surface area contributed by atoms with Gasteiger partial charge < -0.3 is 15.1 Å². The summed E-state index contributed by atoms with van der Waals surface area (Å²) >= 11 is 1.21. The first-order chi connectivity index (χ1) is 13.3. The summed E-state index contributed by atoms with van der Waals surface area (Å²) in [5.74, 6) is -2.76. The van der Waals surface area contributed by atoms with Crippen molar-refractivity contribution in [1.29, 1.82) is 0 Å². The van der Waals surface area contributed by atoms with Crippen LogP contribution in [0.25, 0.3) is 11.1 Å². The first kappa shape index (κ1) is 18.3. The maximum absolute atomic E-state index is 13.7. The van der Waals surface area contributed by atoms with Gasteiger partial charge >= 0.3 is 5.76 Å². The van der Waals surface area contributed by atoms with Gasteiger partial charge in [0.25, 0.3) is 5.91 Å². The minimum Gasteiger partial charge on any atom is -0.408 e. The molecule has 9 heteroatoms. The Kier molecular flexibility index (Phi) is 4.46. The number of aromatic nitrogens is 1. The largest absolute Gasteiger partial charge is 0.419 e. The molecule has 0 spiro atoms. The van der Waals surface area contributed by atoms with Crippen molar-refractivity contribution in [2.24, 2.45) is 7.05 Å². The quantitative estimate of drug-likeness (QED) is 0.700. The van der Waals surface area contributed by atoms with Crippen LogP contribution >= 0.6 is 11.8 Å². The molecule has 6 nitrogen and oxygen atoms in total. The molecule has 4 rings (SSSR count). The number of hydrogen-bond donors (Lipinski definition) is 2. The molecule has 3 aromatic rings. The minimum atomic E-state index is -0.844. The third-order valence-corrected chi connectivity index (χ3v) is 5.68. The maximum atomic E-state index is 13.7. The van der Waals surface area contributed by atoms with Gasteiger partial charge in [-0.3, -0.25) is 9.36 Å². The second kappa shape index (κ2) is 6.83. The van der Waals surface area contributed by atoms with Crippen molar-refractivity contribution in [2.75, 3.05) is 5.32 Å². The minimum absolute atomic E-state index is 0.285. The number of carbonyl (C=O) groups excluding carboxylic acids is 1. The zero-order valence-corrected chi connectivity index (χ0v) is 15.7. The van der Waals surface area contributed by atoms with Crippen molar-refractivity contribution < 1.29 is 18.0 Å². The molecule has 1 aliphatic heterocycles. The fraction of sp³-hybridized carbons (Fsp3) is 0.158. The number of oxazole rings is 1. The summed E-state index contributed by atoms with van der Waals surface area (Å²) in [5, 5.41) is 5.06. The van der Waals surface area contributed by atoms with Crippen LogP contribution in [0.5, 0.6) is 0 Å². The molecule has 2 heterocycles. The van der Waals surface area contributed by atoms with Crippen LogP contribution < -0.4 is 16.4 Å². The molecule has 1 atom stereocenters. The van der Waals surface area contributed by atoms with Gasteiger partial charge in [0.15, 0.2) is 5.58 Å². The summed E-state index contributed by atoms with van der Waals surface area (Å²) in [6.45, 7) is 1.87. The summed E-state index contributed by atoms with van der Waals surface area (Å²) in [6, 6.07) is 6.96. The number of fused-ring (bicyclic) bond motifs is 1. The molecule has 1 unspecified atom stereocenters. The molecule has 0 saturated carbocycles. The molecule has 28 heavy (non-hydrogen) atoms. The van der Waals surface area contributed by atoms with Crippen LogP contribution in [-0.4, -0.2) is 10.5 Å². The van der Waals surface area contributed by atoms with Crippen molar-refractivity contribution in [3.63, 3.8) is 0 Å². The summed E-state index contributed by atoms with van der Waals surface area (Å²) in [5.41, 5.74) is 2.38. The summed E-state index contributed by atoms with van der Waals surface area (Å²) in [6.07, 6.45) is 1.50. The van der Waals surface area contributed by atoms with Gasteiger partial charge in [0.05, 0.1) is 10.4 Å². The predicted octanol–water partition coefficient (Wildman–Crippen LogP) is 3.53. The van der Waals surface area contributed by atoms with Crippen molar-refractivity contribution in [3.05, 3.63) is 74.7 Å². The lowest BCUT2D eigenvalue weighted by atomic mass is 10.1. The van der Waals surface area contributed by atoms with Gasteiger partial charge in [-0.25, -0.2) is 13.6 Å². The molecule has 0 radical (unpaired) electrons. The average Bonchev–Trinajstić information content (AvgIpc) is 3.23. The van der Waals surface area contributed by atoms with Crippen LogP contribution in [0.1, 0.15) is 16.5 Å². The Morgan fingerprint density at radius 2 is 2.00 bits per heavy atom. The fourth-order valence-electron chi connectivity index (χ4n) is 2.98.